The van der Waals surface area contributed by atoms with Crippen LogP contribution in [0, 0.1) is 11.8 Å². The molecule has 0 aromatic heterocycles. The van der Waals surface area contributed by atoms with Crippen molar-refractivity contribution in [2.75, 3.05) is 7.05 Å². The van der Waals surface area contributed by atoms with Crippen molar-refractivity contribution in [3.63, 3.8) is 0 Å². The predicted octanol–water partition coefficient (Wildman–Crippen LogP) is 1.27. The number of thiocarbonyl (C=S) groups is 1. The summed E-state index contributed by atoms with van der Waals surface area (Å²) in [6.45, 7) is 0. The molecule has 0 aromatic carbocycles. The molecule has 2 fully saturated rings. The lowest BCUT2D eigenvalue weighted by Crippen LogP contribution is -2.42. The molecule has 2 rings (SSSR count). The maximum absolute atomic E-state index is 5.09. The Morgan fingerprint density at radius 1 is 1.42 bits per heavy atom. The van der Waals surface area contributed by atoms with E-state index in [1.807, 2.05) is 7.05 Å². The van der Waals surface area contributed by atoms with Gasteiger partial charge in [-0.05, 0) is 36.9 Å². The lowest BCUT2D eigenvalue weighted by molar-refractivity contribution is 0.391. The van der Waals surface area contributed by atoms with Crippen molar-refractivity contribution >= 4 is 17.3 Å². The highest BCUT2D eigenvalue weighted by molar-refractivity contribution is 7.80. The zero-order valence-electron chi connectivity index (χ0n) is 7.47. The van der Waals surface area contributed by atoms with Crippen molar-refractivity contribution in [3.8, 4) is 0 Å². The van der Waals surface area contributed by atoms with E-state index in [1.54, 1.807) is 0 Å². The SMILES string of the molecule is CNC(=S)NC1CCCC2CC21. The van der Waals surface area contributed by atoms with E-state index in [1.165, 1.54) is 25.7 Å². The van der Waals surface area contributed by atoms with Gasteiger partial charge in [-0.2, -0.15) is 0 Å². The van der Waals surface area contributed by atoms with Gasteiger partial charge in [-0.3, -0.25) is 0 Å². The molecule has 0 radical (unpaired) electrons. The van der Waals surface area contributed by atoms with Crippen LogP contribution >= 0.6 is 12.2 Å². The lowest BCUT2D eigenvalue weighted by Gasteiger charge is -2.23. The molecule has 0 spiro atoms. The topological polar surface area (TPSA) is 24.1 Å². The maximum atomic E-state index is 5.09. The number of hydrogen-bond donors (Lipinski definition) is 2. The second-order valence-corrected chi connectivity index (χ2v) is 4.33. The van der Waals surface area contributed by atoms with E-state index >= 15 is 0 Å². The molecule has 0 aromatic rings. The van der Waals surface area contributed by atoms with Gasteiger partial charge >= 0.3 is 0 Å². The molecule has 0 bridgehead atoms. The van der Waals surface area contributed by atoms with Crippen molar-refractivity contribution in [3.05, 3.63) is 0 Å². The first-order chi connectivity index (χ1) is 5.81. The van der Waals surface area contributed by atoms with Crippen LogP contribution in [0.15, 0.2) is 0 Å². The third-order valence-electron chi connectivity index (χ3n) is 3.13. The molecule has 2 saturated carbocycles. The van der Waals surface area contributed by atoms with Crippen molar-refractivity contribution in [2.24, 2.45) is 11.8 Å². The van der Waals surface area contributed by atoms with Gasteiger partial charge in [-0.1, -0.05) is 12.8 Å². The molecular weight excluding hydrogens is 168 g/mol. The normalized spacial score (nSPS) is 38.2. The zero-order chi connectivity index (χ0) is 8.55. The van der Waals surface area contributed by atoms with Crippen LogP contribution in [0.5, 0.6) is 0 Å². The minimum atomic E-state index is 0.670. The average Bonchev–Trinajstić information content (AvgIpc) is 2.84. The Balaban J connectivity index is 1.83. The Morgan fingerprint density at radius 3 is 3.00 bits per heavy atom. The van der Waals surface area contributed by atoms with Gasteiger partial charge in [-0.25, -0.2) is 0 Å². The van der Waals surface area contributed by atoms with E-state index in [0.717, 1.165) is 16.9 Å². The minimum Gasteiger partial charge on any atom is -0.366 e. The van der Waals surface area contributed by atoms with Gasteiger partial charge < -0.3 is 10.6 Å². The van der Waals surface area contributed by atoms with Crippen molar-refractivity contribution < 1.29 is 0 Å². The fourth-order valence-corrected chi connectivity index (χ4v) is 2.48. The number of hydrogen-bond acceptors (Lipinski definition) is 1. The zero-order valence-corrected chi connectivity index (χ0v) is 8.29. The molecule has 2 aliphatic carbocycles. The first-order valence-electron chi connectivity index (χ1n) is 4.79. The monoisotopic (exact) mass is 184 g/mol. The minimum absolute atomic E-state index is 0.670. The highest BCUT2D eigenvalue weighted by atomic mass is 32.1. The van der Waals surface area contributed by atoms with Crippen molar-refractivity contribution in [1.29, 1.82) is 0 Å². The summed E-state index contributed by atoms with van der Waals surface area (Å²) in [4.78, 5) is 0. The van der Waals surface area contributed by atoms with Crippen LogP contribution in [0.2, 0.25) is 0 Å². The Kier molecular flexibility index (Phi) is 2.22. The van der Waals surface area contributed by atoms with Crippen LogP contribution in [0.3, 0.4) is 0 Å². The Labute approximate surface area is 79.1 Å². The fraction of sp³-hybridized carbons (Fsp3) is 0.889. The molecule has 0 saturated heterocycles. The molecular formula is C9H16N2S. The van der Waals surface area contributed by atoms with Gasteiger partial charge in [0.15, 0.2) is 5.11 Å². The van der Waals surface area contributed by atoms with Crippen LogP contribution in [-0.2, 0) is 0 Å². The fourth-order valence-electron chi connectivity index (χ4n) is 2.33. The highest BCUT2D eigenvalue weighted by Gasteiger charge is 2.45. The van der Waals surface area contributed by atoms with Gasteiger partial charge in [0.1, 0.15) is 0 Å². The Morgan fingerprint density at radius 2 is 2.25 bits per heavy atom. The molecule has 12 heavy (non-hydrogen) atoms. The van der Waals surface area contributed by atoms with Gasteiger partial charge in [0.2, 0.25) is 0 Å². The number of fused-ring (bicyclic) bond motifs is 1. The first kappa shape index (κ1) is 8.30. The quantitative estimate of drug-likeness (QED) is 0.600. The largest absolute Gasteiger partial charge is 0.366 e. The summed E-state index contributed by atoms with van der Waals surface area (Å²) < 4.78 is 0. The molecule has 0 aliphatic heterocycles. The first-order valence-corrected chi connectivity index (χ1v) is 5.20. The van der Waals surface area contributed by atoms with Crippen molar-refractivity contribution in [1.82, 2.24) is 10.6 Å². The summed E-state index contributed by atoms with van der Waals surface area (Å²) >= 11 is 5.09. The molecule has 2 N–H and O–H groups in total. The van der Waals surface area contributed by atoms with Gasteiger partial charge in [0.25, 0.3) is 0 Å². The maximum Gasteiger partial charge on any atom is 0.166 e. The van der Waals surface area contributed by atoms with Crippen LogP contribution in [0.1, 0.15) is 25.7 Å². The second kappa shape index (κ2) is 3.21. The average molecular weight is 184 g/mol. The summed E-state index contributed by atoms with van der Waals surface area (Å²) in [7, 11) is 1.88. The van der Waals surface area contributed by atoms with Gasteiger partial charge in [-0.15, -0.1) is 0 Å². The van der Waals surface area contributed by atoms with E-state index in [9.17, 15) is 0 Å². The summed E-state index contributed by atoms with van der Waals surface area (Å²) in [5.41, 5.74) is 0. The summed E-state index contributed by atoms with van der Waals surface area (Å²) in [5.74, 6) is 1.96. The predicted molar refractivity (Wildman–Crippen MR) is 54.0 cm³/mol. The van der Waals surface area contributed by atoms with E-state index in [4.69, 9.17) is 12.2 Å². The van der Waals surface area contributed by atoms with E-state index in [-0.39, 0.29) is 0 Å². The summed E-state index contributed by atoms with van der Waals surface area (Å²) in [6, 6.07) is 0.670. The molecule has 0 heterocycles. The standard InChI is InChI=1S/C9H16N2S/c1-10-9(12)11-8-4-2-3-6-5-7(6)8/h6-8H,2-5H2,1H3,(H2,10,11,12). The van der Waals surface area contributed by atoms with Gasteiger partial charge in [0, 0.05) is 13.1 Å². The third kappa shape index (κ3) is 1.56. The Hall–Kier alpha value is -0.310. The molecule has 68 valence electrons. The number of rotatable bonds is 1. The van der Waals surface area contributed by atoms with E-state index in [2.05, 4.69) is 10.6 Å². The molecule has 3 heteroatoms. The second-order valence-electron chi connectivity index (χ2n) is 3.92. The molecule has 3 atom stereocenters. The van der Waals surface area contributed by atoms with Gasteiger partial charge in [0.05, 0.1) is 0 Å². The molecule has 2 nitrogen and oxygen atoms in total. The smallest absolute Gasteiger partial charge is 0.166 e. The van der Waals surface area contributed by atoms with Crippen LogP contribution in [0.25, 0.3) is 0 Å². The third-order valence-corrected chi connectivity index (χ3v) is 3.45. The molecule has 3 unspecified atom stereocenters. The molecule has 2 aliphatic rings. The Bertz CT molecular complexity index is 193. The van der Waals surface area contributed by atoms with Crippen LogP contribution in [-0.4, -0.2) is 18.2 Å². The summed E-state index contributed by atoms with van der Waals surface area (Å²) in [5, 5.41) is 7.16. The van der Waals surface area contributed by atoms with E-state index in [0.29, 0.717) is 6.04 Å². The summed E-state index contributed by atoms with van der Waals surface area (Å²) in [6.07, 6.45) is 5.58. The molecule has 0 amide bonds. The lowest BCUT2D eigenvalue weighted by atomic mass is 9.96. The van der Waals surface area contributed by atoms with Crippen molar-refractivity contribution in [2.45, 2.75) is 31.7 Å². The number of nitrogens with one attached hydrogen (secondary N) is 2. The van der Waals surface area contributed by atoms with Crippen LogP contribution < -0.4 is 10.6 Å². The van der Waals surface area contributed by atoms with E-state index < -0.39 is 0 Å². The highest BCUT2D eigenvalue weighted by Crippen LogP contribution is 2.49. The van der Waals surface area contributed by atoms with Crippen LogP contribution in [0.4, 0.5) is 0 Å².